The van der Waals surface area contributed by atoms with Crippen LogP contribution < -0.4 is 10.1 Å². The first kappa shape index (κ1) is 17.1. The number of alkyl halides is 2. The summed E-state index contributed by atoms with van der Waals surface area (Å²) in [5, 5.41) is 2.73. The van der Waals surface area contributed by atoms with Gasteiger partial charge in [-0.15, -0.1) is 0 Å². The number of anilines is 1. The SMILES string of the molecule is Cc1ccccc1NC(=O)/C=C/c1cc(Br)ccc1OC(F)F. The number of amides is 1. The molecule has 0 aliphatic heterocycles. The van der Waals surface area contributed by atoms with Gasteiger partial charge in [-0.2, -0.15) is 8.78 Å². The largest absolute Gasteiger partial charge is 0.434 e. The average Bonchev–Trinajstić information content (AvgIpc) is 2.49. The highest BCUT2D eigenvalue weighted by molar-refractivity contribution is 9.10. The van der Waals surface area contributed by atoms with Crippen molar-refractivity contribution in [3.8, 4) is 5.75 Å². The van der Waals surface area contributed by atoms with Gasteiger partial charge < -0.3 is 10.1 Å². The number of carbonyl (C=O) groups is 1. The number of aryl methyl sites for hydroxylation is 1. The maximum Gasteiger partial charge on any atom is 0.387 e. The number of halogens is 3. The molecule has 1 N–H and O–H groups in total. The fraction of sp³-hybridized carbons (Fsp3) is 0.118. The highest BCUT2D eigenvalue weighted by atomic mass is 79.9. The zero-order valence-corrected chi connectivity index (χ0v) is 13.8. The van der Waals surface area contributed by atoms with Gasteiger partial charge in [0, 0.05) is 21.8 Å². The van der Waals surface area contributed by atoms with Crippen molar-refractivity contribution < 1.29 is 18.3 Å². The molecule has 23 heavy (non-hydrogen) atoms. The van der Waals surface area contributed by atoms with Gasteiger partial charge in [0.05, 0.1) is 0 Å². The van der Waals surface area contributed by atoms with Crippen LogP contribution in [0.2, 0.25) is 0 Å². The van der Waals surface area contributed by atoms with Crippen molar-refractivity contribution in [2.75, 3.05) is 5.32 Å². The first-order valence-electron chi connectivity index (χ1n) is 6.75. The lowest BCUT2D eigenvalue weighted by molar-refractivity contribution is -0.111. The normalized spacial score (nSPS) is 11.0. The van der Waals surface area contributed by atoms with Crippen molar-refractivity contribution in [2.45, 2.75) is 13.5 Å². The summed E-state index contributed by atoms with van der Waals surface area (Å²) < 4.78 is 29.9. The van der Waals surface area contributed by atoms with Crippen LogP contribution in [0.4, 0.5) is 14.5 Å². The molecule has 2 aromatic rings. The van der Waals surface area contributed by atoms with E-state index in [0.29, 0.717) is 15.7 Å². The maximum absolute atomic E-state index is 12.4. The number of carbonyl (C=O) groups excluding carboxylic acids is 1. The standard InChI is InChI=1S/C17H14BrF2NO2/c1-11-4-2-3-5-14(11)21-16(22)9-6-12-10-13(18)7-8-15(12)23-17(19)20/h2-10,17H,1H3,(H,21,22)/b9-6+. The Morgan fingerprint density at radius 3 is 2.70 bits per heavy atom. The number of para-hydroxylation sites is 1. The van der Waals surface area contributed by atoms with Crippen LogP contribution in [0, 0.1) is 6.92 Å². The van der Waals surface area contributed by atoms with Crippen molar-refractivity contribution in [3.05, 3.63) is 64.1 Å². The quantitative estimate of drug-likeness (QED) is 0.739. The van der Waals surface area contributed by atoms with Crippen LogP contribution in [0.5, 0.6) is 5.75 Å². The molecule has 1 amide bonds. The molecule has 6 heteroatoms. The van der Waals surface area contributed by atoms with Gasteiger partial charge in [-0.05, 0) is 42.8 Å². The Bertz CT molecular complexity index is 732. The van der Waals surface area contributed by atoms with E-state index in [9.17, 15) is 13.6 Å². The van der Waals surface area contributed by atoms with Crippen LogP contribution in [0.3, 0.4) is 0 Å². The van der Waals surface area contributed by atoms with E-state index in [4.69, 9.17) is 0 Å². The zero-order chi connectivity index (χ0) is 16.8. The molecule has 0 aliphatic carbocycles. The van der Waals surface area contributed by atoms with Gasteiger partial charge in [0.2, 0.25) is 5.91 Å². The van der Waals surface area contributed by atoms with Gasteiger partial charge in [0.1, 0.15) is 5.75 Å². The van der Waals surface area contributed by atoms with Crippen LogP contribution in [0.25, 0.3) is 6.08 Å². The van der Waals surface area contributed by atoms with Crippen LogP contribution in [0.15, 0.2) is 53.0 Å². The lowest BCUT2D eigenvalue weighted by atomic mass is 10.1. The van der Waals surface area contributed by atoms with E-state index in [-0.39, 0.29) is 11.7 Å². The molecule has 120 valence electrons. The first-order valence-corrected chi connectivity index (χ1v) is 7.54. The molecule has 0 heterocycles. The molecule has 0 radical (unpaired) electrons. The number of benzene rings is 2. The van der Waals surface area contributed by atoms with E-state index in [0.717, 1.165) is 5.56 Å². The molecule has 0 spiro atoms. The summed E-state index contributed by atoms with van der Waals surface area (Å²) in [4.78, 5) is 12.0. The zero-order valence-electron chi connectivity index (χ0n) is 12.2. The molecule has 0 atom stereocenters. The topological polar surface area (TPSA) is 38.3 Å². The second-order valence-electron chi connectivity index (χ2n) is 4.70. The lowest BCUT2D eigenvalue weighted by Gasteiger charge is -2.08. The Morgan fingerprint density at radius 2 is 2.00 bits per heavy atom. The predicted molar refractivity (Wildman–Crippen MR) is 89.6 cm³/mol. The molecule has 0 saturated carbocycles. The predicted octanol–water partition coefficient (Wildman–Crippen LogP) is 5.01. The smallest absolute Gasteiger partial charge is 0.387 e. The monoisotopic (exact) mass is 381 g/mol. The lowest BCUT2D eigenvalue weighted by Crippen LogP contribution is -2.09. The Labute approximate surface area is 141 Å². The van der Waals surface area contributed by atoms with Crippen molar-refractivity contribution in [2.24, 2.45) is 0 Å². The summed E-state index contributed by atoms with van der Waals surface area (Å²) in [5.74, 6) is -0.356. The minimum atomic E-state index is -2.93. The fourth-order valence-electron chi connectivity index (χ4n) is 1.91. The minimum absolute atomic E-state index is 0.00291. The average molecular weight is 382 g/mol. The van der Waals surface area contributed by atoms with Crippen LogP contribution in [-0.4, -0.2) is 12.5 Å². The molecule has 0 fully saturated rings. The summed E-state index contributed by atoms with van der Waals surface area (Å²) in [5.41, 5.74) is 2.00. The van der Waals surface area contributed by atoms with Crippen LogP contribution >= 0.6 is 15.9 Å². The van der Waals surface area contributed by atoms with Crippen molar-refractivity contribution in [3.63, 3.8) is 0 Å². The number of rotatable bonds is 5. The number of hydrogen-bond acceptors (Lipinski definition) is 2. The third-order valence-electron chi connectivity index (χ3n) is 3.01. The molecule has 0 aliphatic rings. The van der Waals surface area contributed by atoms with E-state index in [1.54, 1.807) is 18.2 Å². The molecule has 0 bridgehead atoms. The summed E-state index contributed by atoms with van der Waals surface area (Å²) in [6.45, 7) is -1.05. The van der Waals surface area contributed by atoms with Gasteiger partial charge in [-0.25, -0.2) is 0 Å². The summed E-state index contributed by atoms with van der Waals surface area (Å²) in [6, 6.07) is 11.9. The van der Waals surface area contributed by atoms with Gasteiger partial charge in [0.25, 0.3) is 0 Å². The van der Waals surface area contributed by atoms with Crippen molar-refractivity contribution in [1.82, 2.24) is 0 Å². The Morgan fingerprint density at radius 1 is 1.26 bits per heavy atom. The van der Waals surface area contributed by atoms with Gasteiger partial charge >= 0.3 is 6.61 Å². The Hall–Kier alpha value is -2.21. The van der Waals surface area contributed by atoms with E-state index in [2.05, 4.69) is 26.0 Å². The van der Waals surface area contributed by atoms with Gasteiger partial charge in [0.15, 0.2) is 0 Å². The second kappa shape index (κ2) is 7.87. The molecular weight excluding hydrogens is 368 g/mol. The second-order valence-corrected chi connectivity index (χ2v) is 5.61. The van der Waals surface area contributed by atoms with E-state index < -0.39 is 6.61 Å². The first-order chi connectivity index (χ1) is 11.0. The molecule has 0 aromatic heterocycles. The molecule has 2 aromatic carbocycles. The van der Waals surface area contributed by atoms with Crippen molar-refractivity contribution >= 4 is 33.6 Å². The number of ether oxygens (including phenoxy) is 1. The fourth-order valence-corrected chi connectivity index (χ4v) is 2.28. The highest BCUT2D eigenvalue weighted by Crippen LogP contribution is 2.26. The molecule has 2 rings (SSSR count). The van der Waals surface area contributed by atoms with Crippen molar-refractivity contribution in [1.29, 1.82) is 0 Å². The molecular formula is C17H14BrF2NO2. The van der Waals surface area contributed by atoms with Gasteiger partial charge in [-0.3, -0.25) is 4.79 Å². The number of nitrogens with one attached hydrogen (secondary N) is 1. The van der Waals surface area contributed by atoms with E-state index in [1.807, 2.05) is 25.1 Å². The highest BCUT2D eigenvalue weighted by Gasteiger charge is 2.09. The Balaban J connectivity index is 2.14. The Kier molecular flexibility index (Phi) is 5.87. The maximum atomic E-state index is 12.4. The third kappa shape index (κ3) is 5.17. The molecule has 0 saturated heterocycles. The third-order valence-corrected chi connectivity index (χ3v) is 3.50. The van der Waals surface area contributed by atoms with Gasteiger partial charge in [-0.1, -0.05) is 34.1 Å². The summed E-state index contributed by atoms with van der Waals surface area (Å²) >= 11 is 3.26. The molecule has 0 unspecified atom stereocenters. The van der Waals surface area contributed by atoms with E-state index >= 15 is 0 Å². The molecule has 3 nitrogen and oxygen atoms in total. The summed E-state index contributed by atoms with van der Waals surface area (Å²) in [6.07, 6.45) is 2.70. The van der Waals surface area contributed by atoms with Crippen LogP contribution in [0.1, 0.15) is 11.1 Å². The minimum Gasteiger partial charge on any atom is -0.434 e. The van der Waals surface area contributed by atoms with E-state index in [1.165, 1.54) is 18.2 Å². The van der Waals surface area contributed by atoms with Crippen LogP contribution in [-0.2, 0) is 4.79 Å². The number of hydrogen-bond donors (Lipinski definition) is 1. The summed E-state index contributed by atoms with van der Waals surface area (Å²) in [7, 11) is 0.